The van der Waals surface area contributed by atoms with Crippen LogP contribution in [0.4, 0.5) is 5.69 Å². The van der Waals surface area contributed by atoms with Gasteiger partial charge in [-0.2, -0.15) is 0 Å². The Labute approximate surface area is 119 Å². The van der Waals surface area contributed by atoms with E-state index in [9.17, 15) is 4.79 Å². The van der Waals surface area contributed by atoms with Gasteiger partial charge in [0.25, 0.3) is 0 Å². The topological polar surface area (TPSA) is 55.1 Å². The number of hydrogen-bond acceptors (Lipinski definition) is 2. The fourth-order valence-corrected chi connectivity index (χ4v) is 2.27. The van der Waals surface area contributed by atoms with Gasteiger partial charge in [0.05, 0.1) is 0 Å². The molecule has 0 aliphatic heterocycles. The molecule has 0 heterocycles. The highest BCUT2D eigenvalue weighted by Crippen LogP contribution is 2.23. The van der Waals surface area contributed by atoms with Crippen LogP contribution in [0.2, 0.25) is 0 Å². The van der Waals surface area contributed by atoms with Crippen molar-refractivity contribution in [2.24, 2.45) is 5.73 Å². The summed E-state index contributed by atoms with van der Waals surface area (Å²) in [5.74, 6) is -0.377. The predicted octanol–water partition coefficient (Wildman–Crippen LogP) is 3.25. The summed E-state index contributed by atoms with van der Waals surface area (Å²) in [6.07, 6.45) is 0. The maximum Gasteiger partial charge on any atom is 0.244 e. The highest BCUT2D eigenvalue weighted by Gasteiger charge is 2.19. The van der Waals surface area contributed by atoms with Crippen molar-refractivity contribution in [2.75, 3.05) is 5.32 Å². The molecular weight excluding hydrogens is 248 g/mol. The Morgan fingerprint density at radius 3 is 2.15 bits per heavy atom. The number of nitrogens with one attached hydrogen (secondary N) is 1. The molecule has 0 spiro atoms. The van der Waals surface area contributed by atoms with E-state index in [0.29, 0.717) is 0 Å². The normalized spacial score (nSPS) is 11.9. The molecule has 0 bridgehead atoms. The van der Waals surface area contributed by atoms with E-state index in [1.807, 2.05) is 57.2 Å². The minimum atomic E-state index is -0.515. The molecule has 1 atom stereocenters. The quantitative estimate of drug-likeness (QED) is 0.894. The number of carbonyl (C=O) groups excluding carboxylic acids is 1. The summed E-state index contributed by atoms with van der Waals surface area (Å²) in [4.78, 5) is 11.8. The number of nitrogens with two attached hydrogens (primary N) is 1. The van der Waals surface area contributed by atoms with E-state index in [0.717, 1.165) is 16.8 Å². The molecule has 0 saturated carbocycles. The lowest BCUT2D eigenvalue weighted by Crippen LogP contribution is -2.28. The molecule has 20 heavy (non-hydrogen) atoms. The molecule has 1 amide bonds. The molecule has 2 aromatic carbocycles. The molecule has 0 aromatic heterocycles. The molecule has 0 aliphatic carbocycles. The van der Waals surface area contributed by atoms with E-state index in [2.05, 4.69) is 11.4 Å². The lowest BCUT2D eigenvalue weighted by atomic mass is 9.98. The van der Waals surface area contributed by atoms with Gasteiger partial charge < -0.3 is 11.1 Å². The van der Waals surface area contributed by atoms with Crippen LogP contribution in [-0.2, 0) is 4.79 Å². The first kappa shape index (κ1) is 14.1. The predicted molar refractivity (Wildman–Crippen MR) is 82.7 cm³/mol. The van der Waals surface area contributed by atoms with Crippen LogP contribution >= 0.6 is 0 Å². The zero-order valence-electron chi connectivity index (χ0n) is 12.1. The third-order valence-corrected chi connectivity index (χ3v) is 3.38. The van der Waals surface area contributed by atoms with Gasteiger partial charge >= 0.3 is 0 Å². The molecule has 0 saturated heterocycles. The highest BCUT2D eigenvalue weighted by atomic mass is 16.1. The molecule has 2 aromatic rings. The number of aryl methyl sites for hydroxylation is 3. The van der Waals surface area contributed by atoms with Crippen LogP contribution in [0.5, 0.6) is 0 Å². The number of benzene rings is 2. The highest BCUT2D eigenvalue weighted by molar-refractivity contribution is 5.85. The molecule has 3 N–H and O–H groups in total. The smallest absolute Gasteiger partial charge is 0.244 e. The summed E-state index contributed by atoms with van der Waals surface area (Å²) in [6.45, 7) is 6.05. The van der Waals surface area contributed by atoms with Crippen LogP contribution < -0.4 is 11.1 Å². The molecular formula is C17H20N2O. The summed E-state index contributed by atoms with van der Waals surface area (Å²) in [5.41, 5.74) is 10.8. The minimum absolute atomic E-state index is 0.377. The lowest BCUT2D eigenvalue weighted by Gasteiger charge is -2.19. The maximum atomic E-state index is 11.8. The van der Waals surface area contributed by atoms with Gasteiger partial charge in [0.2, 0.25) is 5.91 Å². The van der Waals surface area contributed by atoms with Crippen molar-refractivity contribution in [3.05, 3.63) is 64.7 Å². The van der Waals surface area contributed by atoms with Crippen molar-refractivity contribution in [2.45, 2.75) is 26.8 Å². The van der Waals surface area contributed by atoms with E-state index >= 15 is 0 Å². The summed E-state index contributed by atoms with van der Waals surface area (Å²) >= 11 is 0. The van der Waals surface area contributed by atoms with Crippen molar-refractivity contribution in [1.82, 2.24) is 0 Å². The summed E-state index contributed by atoms with van der Waals surface area (Å²) in [5, 5.41) is 3.21. The van der Waals surface area contributed by atoms with Crippen molar-refractivity contribution in [1.29, 1.82) is 0 Å². The average Bonchev–Trinajstić information content (AvgIpc) is 2.39. The first-order chi connectivity index (χ1) is 9.47. The van der Waals surface area contributed by atoms with Gasteiger partial charge in [0.15, 0.2) is 0 Å². The van der Waals surface area contributed by atoms with Crippen LogP contribution in [0.25, 0.3) is 0 Å². The lowest BCUT2D eigenvalue weighted by molar-refractivity contribution is -0.118. The number of anilines is 1. The van der Waals surface area contributed by atoms with Crippen molar-refractivity contribution >= 4 is 11.6 Å². The van der Waals surface area contributed by atoms with E-state index in [-0.39, 0.29) is 5.91 Å². The van der Waals surface area contributed by atoms with Crippen LogP contribution in [0, 0.1) is 20.8 Å². The second kappa shape index (κ2) is 5.78. The van der Waals surface area contributed by atoms with Crippen LogP contribution in [0.1, 0.15) is 28.3 Å². The fourth-order valence-electron chi connectivity index (χ4n) is 2.27. The first-order valence-electron chi connectivity index (χ1n) is 6.67. The molecule has 2 rings (SSSR count). The van der Waals surface area contributed by atoms with Crippen LogP contribution in [0.3, 0.4) is 0 Å². The molecule has 0 aliphatic rings. The Bertz CT molecular complexity index is 617. The standard InChI is InChI=1S/C17H20N2O/c1-11-4-7-14(8-5-11)19-16(17(18)20)15-9-6-12(2)10-13(15)3/h4-10,16,19H,1-3H3,(H2,18,20). The van der Waals surface area contributed by atoms with Gasteiger partial charge in [-0.3, -0.25) is 4.79 Å². The third-order valence-electron chi connectivity index (χ3n) is 3.38. The van der Waals surface area contributed by atoms with E-state index < -0.39 is 6.04 Å². The molecule has 3 nitrogen and oxygen atoms in total. The van der Waals surface area contributed by atoms with Gasteiger partial charge in [0, 0.05) is 5.69 Å². The first-order valence-corrected chi connectivity index (χ1v) is 6.67. The molecule has 1 unspecified atom stereocenters. The molecule has 0 radical (unpaired) electrons. The largest absolute Gasteiger partial charge is 0.370 e. The SMILES string of the molecule is Cc1ccc(NC(C(N)=O)c2ccc(C)cc2C)cc1. The fraction of sp³-hybridized carbons (Fsp3) is 0.235. The zero-order valence-corrected chi connectivity index (χ0v) is 12.1. The number of amides is 1. The van der Waals surface area contributed by atoms with E-state index in [1.54, 1.807) is 0 Å². The zero-order chi connectivity index (χ0) is 14.7. The van der Waals surface area contributed by atoms with Gasteiger partial charge in [-0.25, -0.2) is 0 Å². The molecule has 0 fully saturated rings. The Balaban J connectivity index is 2.31. The molecule has 3 heteroatoms. The summed E-state index contributed by atoms with van der Waals surface area (Å²) in [6, 6.07) is 13.4. The molecule has 104 valence electrons. The van der Waals surface area contributed by atoms with Gasteiger partial charge in [-0.1, -0.05) is 41.5 Å². The van der Waals surface area contributed by atoms with Crippen LogP contribution in [-0.4, -0.2) is 5.91 Å². The van der Waals surface area contributed by atoms with Crippen molar-refractivity contribution < 1.29 is 4.79 Å². The van der Waals surface area contributed by atoms with E-state index in [4.69, 9.17) is 5.73 Å². The monoisotopic (exact) mass is 268 g/mol. The Morgan fingerprint density at radius 2 is 1.60 bits per heavy atom. The van der Waals surface area contributed by atoms with Crippen LogP contribution in [0.15, 0.2) is 42.5 Å². The van der Waals surface area contributed by atoms with Gasteiger partial charge in [-0.15, -0.1) is 0 Å². The van der Waals surface area contributed by atoms with E-state index in [1.165, 1.54) is 11.1 Å². The number of hydrogen-bond donors (Lipinski definition) is 2. The number of primary amides is 1. The second-order valence-corrected chi connectivity index (χ2v) is 5.21. The Hall–Kier alpha value is -2.29. The van der Waals surface area contributed by atoms with Gasteiger partial charge in [0.1, 0.15) is 6.04 Å². The Morgan fingerprint density at radius 1 is 1.00 bits per heavy atom. The number of rotatable bonds is 4. The second-order valence-electron chi connectivity index (χ2n) is 5.21. The maximum absolute atomic E-state index is 11.8. The third kappa shape index (κ3) is 3.18. The van der Waals surface area contributed by atoms with Crippen molar-refractivity contribution in [3.63, 3.8) is 0 Å². The average molecular weight is 268 g/mol. The van der Waals surface area contributed by atoms with Gasteiger partial charge in [-0.05, 0) is 44.0 Å². The van der Waals surface area contributed by atoms with Crippen molar-refractivity contribution in [3.8, 4) is 0 Å². The number of carbonyl (C=O) groups is 1. The summed E-state index contributed by atoms with van der Waals surface area (Å²) < 4.78 is 0. The summed E-state index contributed by atoms with van der Waals surface area (Å²) in [7, 11) is 0. The minimum Gasteiger partial charge on any atom is -0.370 e. The Kier molecular flexibility index (Phi) is 4.08.